The summed E-state index contributed by atoms with van der Waals surface area (Å²) in [6, 6.07) is 12.5. The van der Waals surface area contributed by atoms with Crippen molar-refractivity contribution < 1.29 is 19.4 Å². The fourth-order valence-corrected chi connectivity index (χ4v) is 4.20. The summed E-state index contributed by atoms with van der Waals surface area (Å²) in [6.07, 6.45) is 2.74. The number of carbonyl (C=O) groups is 2. The number of aryl methyl sites for hydroxylation is 2. The van der Waals surface area contributed by atoms with E-state index < -0.39 is 17.7 Å². The van der Waals surface area contributed by atoms with Crippen LogP contribution in [-0.4, -0.2) is 60.4 Å². The smallest absolute Gasteiger partial charge is 0.295 e. The Kier molecular flexibility index (Phi) is 8.51. The average molecular weight is 465 g/mol. The lowest BCUT2D eigenvalue weighted by Gasteiger charge is -2.26. The summed E-state index contributed by atoms with van der Waals surface area (Å²) in [4.78, 5) is 29.8. The van der Waals surface area contributed by atoms with Crippen molar-refractivity contribution >= 4 is 17.4 Å². The van der Waals surface area contributed by atoms with Gasteiger partial charge >= 0.3 is 0 Å². The van der Waals surface area contributed by atoms with Gasteiger partial charge in [-0.05, 0) is 76.7 Å². The zero-order chi connectivity index (χ0) is 24.8. The first kappa shape index (κ1) is 25.5. The lowest BCUT2D eigenvalue weighted by Crippen LogP contribution is -2.32. The molecular formula is C28H36N2O4. The fraction of sp³-hybridized carbons (Fsp3) is 0.429. The number of nitrogens with zero attached hydrogens (tertiary/aromatic N) is 2. The lowest BCUT2D eigenvalue weighted by atomic mass is 9.94. The van der Waals surface area contributed by atoms with E-state index in [-0.39, 0.29) is 11.3 Å². The van der Waals surface area contributed by atoms with E-state index in [9.17, 15) is 14.7 Å². The van der Waals surface area contributed by atoms with Crippen molar-refractivity contribution in [1.82, 2.24) is 9.80 Å². The summed E-state index contributed by atoms with van der Waals surface area (Å²) in [5.41, 5.74) is 3.41. The normalized spacial score (nSPS) is 17.6. The van der Waals surface area contributed by atoms with Crippen LogP contribution in [0.25, 0.3) is 5.76 Å². The Labute approximate surface area is 202 Å². The third-order valence-corrected chi connectivity index (χ3v) is 6.14. The van der Waals surface area contributed by atoms with Gasteiger partial charge < -0.3 is 19.6 Å². The van der Waals surface area contributed by atoms with Crippen molar-refractivity contribution in [3.8, 4) is 5.75 Å². The number of unbranched alkanes of at least 4 members (excludes halogenated alkanes) is 1. The highest BCUT2D eigenvalue weighted by Crippen LogP contribution is 2.40. The number of likely N-dealkylation sites (tertiary alicyclic amines) is 1. The number of benzene rings is 2. The number of carbonyl (C=O) groups excluding carboxylic acids is 2. The maximum atomic E-state index is 13.2. The summed E-state index contributed by atoms with van der Waals surface area (Å²) in [5, 5.41) is 11.3. The van der Waals surface area contributed by atoms with Crippen LogP contribution in [0.2, 0.25) is 0 Å². The number of Topliss-reactive ketones (excluding diaryl/α,β-unsaturated/α-hetero) is 1. The molecule has 1 heterocycles. The molecule has 1 amide bonds. The highest BCUT2D eigenvalue weighted by Gasteiger charge is 2.45. The number of rotatable bonds is 10. The predicted molar refractivity (Wildman–Crippen MR) is 135 cm³/mol. The topological polar surface area (TPSA) is 70.1 Å². The molecule has 182 valence electrons. The molecule has 6 heteroatoms. The first-order valence-corrected chi connectivity index (χ1v) is 12.0. The van der Waals surface area contributed by atoms with E-state index in [0.717, 1.165) is 48.2 Å². The molecule has 0 saturated carbocycles. The number of hydrogen-bond acceptors (Lipinski definition) is 5. The van der Waals surface area contributed by atoms with Crippen LogP contribution in [0, 0.1) is 13.8 Å². The van der Waals surface area contributed by atoms with Gasteiger partial charge in [0.05, 0.1) is 18.2 Å². The zero-order valence-corrected chi connectivity index (χ0v) is 20.9. The zero-order valence-electron chi connectivity index (χ0n) is 20.9. The summed E-state index contributed by atoms with van der Waals surface area (Å²) in [7, 11) is 3.95. The Morgan fingerprint density at radius 3 is 2.38 bits per heavy atom. The largest absolute Gasteiger partial charge is 0.507 e. The van der Waals surface area contributed by atoms with Gasteiger partial charge in [-0.3, -0.25) is 9.59 Å². The molecule has 3 rings (SSSR count). The first-order chi connectivity index (χ1) is 16.2. The van der Waals surface area contributed by atoms with Gasteiger partial charge in [-0.25, -0.2) is 0 Å². The lowest BCUT2D eigenvalue weighted by molar-refractivity contribution is -0.139. The Morgan fingerprint density at radius 1 is 1.06 bits per heavy atom. The Bertz CT molecular complexity index is 1060. The molecule has 6 nitrogen and oxygen atoms in total. The average Bonchev–Trinajstić information content (AvgIpc) is 3.05. The molecule has 0 aromatic heterocycles. The third-order valence-electron chi connectivity index (χ3n) is 6.14. The molecule has 0 spiro atoms. The molecule has 0 aliphatic carbocycles. The minimum absolute atomic E-state index is 0.137. The Hall–Kier alpha value is -3.12. The maximum absolute atomic E-state index is 13.2. The van der Waals surface area contributed by atoms with Gasteiger partial charge in [0.25, 0.3) is 11.7 Å². The summed E-state index contributed by atoms with van der Waals surface area (Å²) >= 11 is 0. The van der Waals surface area contributed by atoms with E-state index in [1.54, 1.807) is 11.0 Å². The standard InChI is InChI=1S/C28H36N2O4/c1-6-7-17-34-23-14-13-22(18-20(23)3)26(31)24-25(21-11-9-19(2)10-12-21)30(28(33)27(24)32)16-8-15-29(4)5/h9-14,18,25,31H,6-8,15-17H2,1-5H3. The molecule has 1 atom stereocenters. The van der Waals surface area contributed by atoms with Gasteiger partial charge in [-0.2, -0.15) is 0 Å². The van der Waals surface area contributed by atoms with E-state index in [1.165, 1.54) is 0 Å². The molecule has 34 heavy (non-hydrogen) atoms. The fourth-order valence-electron chi connectivity index (χ4n) is 4.20. The third kappa shape index (κ3) is 5.68. The van der Waals surface area contributed by atoms with Crippen LogP contribution in [0.4, 0.5) is 0 Å². The van der Waals surface area contributed by atoms with Crippen LogP contribution in [0.3, 0.4) is 0 Å². The molecule has 1 fully saturated rings. The van der Waals surface area contributed by atoms with Crippen LogP contribution in [0.15, 0.2) is 48.0 Å². The molecule has 1 unspecified atom stereocenters. The second-order valence-electron chi connectivity index (χ2n) is 9.24. The number of ether oxygens (including phenoxy) is 1. The molecule has 2 aromatic rings. The van der Waals surface area contributed by atoms with E-state index in [4.69, 9.17) is 4.74 Å². The number of aliphatic hydroxyl groups excluding tert-OH is 1. The van der Waals surface area contributed by atoms with Gasteiger partial charge in [-0.1, -0.05) is 43.2 Å². The van der Waals surface area contributed by atoms with Gasteiger partial charge in [0.1, 0.15) is 11.5 Å². The second kappa shape index (κ2) is 11.3. The van der Waals surface area contributed by atoms with Crippen molar-refractivity contribution in [3.63, 3.8) is 0 Å². The highest BCUT2D eigenvalue weighted by atomic mass is 16.5. The number of aliphatic hydroxyl groups is 1. The second-order valence-corrected chi connectivity index (χ2v) is 9.24. The maximum Gasteiger partial charge on any atom is 0.295 e. The van der Waals surface area contributed by atoms with Gasteiger partial charge in [0.15, 0.2) is 0 Å². The molecule has 1 N–H and O–H groups in total. The Morgan fingerprint density at radius 2 is 1.76 bits per heavy atom. The van der Waals surface area contributed by atoms with E-state index >= 15 is 0 Å². The highest BCUT2D eigenvalue weighted by molar-refractivity contribution is 6.46. The molecule has 1 aliphatic rings. The van der Waals surface area contributed by atoms with Crippen LogP contribution in [0.1, 0.15) is 54.5 Å². The predicted octanol–water partition coefficient (Wildman–Crippen LogP) is 4.86. The molecule has 2 aromatic carbocycles. The van der Waals surface area contributed by atoms with Crippen molar-refractivity contribution in [2.45, 2.75) is 46.1 Å². The first-order valence-electron chi connectivity index (χ1n) is 12.0. The van der Waals surface area contributed by atoms with E-state index in [0.29, 0.717) is 18.7 Å². The Balaban J connectivity index is 2.02. The molecule has 1 saturated heterocycles. The van der Waals surface area contributed by atoms with Crippen molar-refractivity contribution in [3.05, 3.63) is 70.3 Å². The summed E-state index contributed by atoms with van der Waals surface area (Å²) < 4.78 is 5.83. The van der Waals surface area contributed by atoms with Crippen molar-refractivity contribution in [2.75, 3.05) is 33.8 Å². The minimum atomic E-state index is -0.645. The van der Waals surface area contributed by atoms with Crippen LogP contribution in [0.5, 0.6) is 5.75 Å². The van der Waals surface area contributed by atoms with Crippen LogP contribution >= 0.6 is 0 Å². The van der Waals surface area contributed by atoms with Crippen LogP contribution in [-0.2, 0) is 9.59 Å². The minimum Gasteiger partial charge on any atom is -0.507 e. The van der Waals surface area contributed by atoms with Gasteiger partial charge in [-0.15, -0.1) is 0 Å². The molecule has 1 aliphatic heterocycles. The molecule has 0 bridgehead atoms. The molecule has 0 radical (unpaired) electrons. The number of amides is 1. The van der Waals surface area contributed by atoms with E-state index in [2.05, 4.69) is 6.92 Å². The quantitative estimate of drug-likeness (QED) is 0.235. The van der Waals surface area contributed by atoms with Crippen molar-refractivity contribution in [1.29, 1.82) is 0 Å². The van der Waals surface area contributed by atoms with Gasteiger partial charge in [0.2, 0.25) is 0 Å². The number of hydrogen-bond donors (Lipinski definition) is 1. The monoisotopic (exact) mass is 464 g/mol. The SMILES string of the molecule is CCCCOc1ccc(C(O)=C2C(=O)C(=O)N(CCCN(C)C)C2c2ccc(C)cc2)cc1C. The van der Waals surface area contributed by atoms with Gasteiger partial charge in [0, 0.05) is 12.1 Å². The number of ketones is 1. The summed E-state index contributed by atoms with van der Waals surface area (Å²) in [5.74, 6) is -0.609. The summed E-state index contributed by atoms with van der Waals surface area (Å²) in [6.45, 7) is 7.87. The van der Waals surface area contributed by atoms with Crippen LogP contribution < -0.4 is 4.74 Å². The molecular weight excluding hydrogens is 428 g/mol. The van der Waals surface area contributed by atoms with E-state index in [1.807, 2.05) is 69.2 Å². The van der Waals surface area contributed by atoms with Crippen molar-refractivity contribution in [2.24, 2.45) is 0 Å².